The minimum Gasteiger partial charge on any atom is -0.475 e. The second-order valence-electron chi connectivity index (χ2n) is 7.05. The molecule has 1 aliphatic rings. The maximum absolute atomic E-state index is 10.6. The van der Waals surface area contributed by atoms with Crippen LogP contribution < -0.4 is 5.73 Å². The van der Waals surface area contributed by atoms with Gasteiger partial charge in [-0.1, -0.05) is 35.5 Å². The third-order valence-corrected chi connectivity index (χ3v) is 4.58. The number of pyridine rings is 1. The number of aromatic nitrogens is 4. The highest BCUT2D eigenvalue weighted by molar-refractivity contribution is 5.73. The maximum Gasteiger partial charge on any atom is 0.490 e. The Kier molecular flexibility index (Phi) is 6.98. The maximum atomic E-state index is 10.6. The Morgan fingerprint density at radius 2 is 1.94 bits per heavy atom. The largest absolute Gasteiger partial charge is 0.490 e. The number of hydrogen-bond donors (Lipinski definition) is 2. The zero-order valence-electron chi connectivity index (χ0n) is 16.4. The third-order valence-electron chi connectivity index (χ3n) is 4.58. The van der Waals surface area contributed by atoms with Crippen LogP contribution in [0.15, 0.2) is 55.0 Å². The van der Waals surface area contributed by atoms with Gasteiger partial charge in [-0.2, -0.15) is 13.2 Å². The van der Waals surface area contributed by atoms with Crippen molar-refractivity contribution in [3.63, 3.8) is 0 Å². The number of benzene rings is 1. The van der Waals surface area contributed by atoms with Crippen molar-refractivity contribution in [1.82, 2.24) is 24.9 Å². The lowest BCUT2D eigenvalue weighted by molar-refractivity contribution is -0.192. The van der Waals surface area contributed by atoms with Crippen LogP contribution in [-0.4, -0.2) is 48.7 Å². The van der Waals surface area contributed by atoms with Crippen molar-refractivity contribution < 1.29 is 23.1 Å². The first-order valence-electron chi connectivity index (χ1n) is 9.36. The van der Waals surface area contributed by atoms with Crippen LogP contribution in [0.5, 0.6) is 0 Å². The molecule has 0 saturated heterocycles. The van der Waals surface area contributed by atoms with Gasteiger partial charge in [0.2, 0.25) is 0 Å². The van der Waals surface area contributed by atoms with Crippen LogP contribution >= 0.6 is 0 Å². The van der Waals surface area contributed by atoms with Crippen LogP contribution in [0.4, 0.5) is 13.2 Å². The molecule has 0 fully saturated rings. The molecule has 0 bridgehead atoms. The second kappa shape index (κ2) is 9.67. The highest BCUT2D eigenvalue weighted by atomic mass is 19.4. The van der Waals surface area contributed by atoms with E-state index >= 15 is 0 Å². The lowest BCUT2D eigenvalue weighted by Gasteiger charge is -2.32. The Hall–Kier alpha value is -3.31. The van der Waals surface area contributed by atoms with Crippen molar-refractivity contribution in [1.29, 1.82) is 0 Å². The van der Waals surface area contributed by atoms with E-state index in [0.717, 1.165) is 30.9 Å². The molecule has 1 unspecified atom stereocenters. The minimum absolute atomic E-state index is 0.0559. The fourth-order valence-corrected chi connectivity index (χ4v) is 3.24. The summed E-state index contributed by atoms with van der Waals surface area (Å²) in [5.41, 5.74) is 10.9. The number of aliphatic carboxylic acids is 1. The number of halogens is 3. The Bertz CT molecular complexity index is 1010. The first-order valence-corrected chi connectivity index (χ1v) is 9.36. The monoisotopic (exact) mass is 434 g/mol. The predicted molar refractivity (Wildman–Crippen MR) is 105 cm³/mol. The average Bonchev–Trinajstić information content (AvgIpc) is 3.15. The number of fused-ring (bicyclic) bond motifs is 1. The Morgan fingerprint density at radius 1 is 1.19 bits per heavy atom. The smallest absolute Gasteiger partial charge is 0.475 e. The predicted octanol–water partition coefficient (Wildman–Crippen LogP) is 2.37. The van der Waals surface area contributed by atoms with E-state index in [9.17, 15) is 13.2 Å². The molecule has 2 aromatic heterocycles. The van der Waals surface area contributed by atoms with E-state index in [1.165, 1.54) is 11.1 Å². The summed E-state index contributed by atoms with van der Waals surface area (Å²) in [6, 6.07) is 12.4. The quantitative estimate of drug-likeness (QED) is 0.649. The van der Waals surface area contributed by atoms with Crippen LogP contribution in [0.3, 0.4) is 0 Å². The van der Waals surface area contributed by atoms with E-state index < -0.39 is 12.1 Å². The van der Waals surface area contributed by atoms with E-state index in [4.69, 9.17) is 15.6 Å². The molecule has 3 N–H and O–H groups in total. The highest BCUT2D eigenvalue weighted by Crippen LogP contribution is 2.25. The summed E-state index contributed by atoms with van der Waals surface area (Å²) in [5, 5.41) is 15.6. The number of nitrogens with two attached hydrogens (primary N) is 1. The number of alkyl halides is 3. The van der Waals surface area contributed by atoms with Crippen LogP contribution in [0.2, 0.25) is 0 Å². The van der Waals surface area contributed by atoms with Crippen molar-refractivity contribution in [2.24, 2.45) is 5.73 Å². The van der Waals surface area contributed by atoms with E-state index in [2.05, 4.69) is 44.5 Å². The summed E-state index contributed by atoms with van der Waals surface area (Å²) >= 11 is 0. The van der Waals surface area contributed by atoms with Gasteiger partial charge in [-0.3, -0.25) is 9.88 Å². The van der Waals surface area contributed by atoms with Gasteiger partial charge in [-0.15, -0.1) is 5.10 Å². The summed E-state index contributed by atoms with van der Waals surface area (Å²) < 4.78 is 33.6. The molecule has 11 heteroatoms. The van der Waals surface area contributed by atoms with Crippen LogP contribution in [0, 0.1) is 0 Å². The van der Waals surface area contributed by atoms with E-state index in [1.807, 2.05) is 29.2 Å². The molecule has 0 saturated carbocycles. The van der Waals surface area contributed by atoms with Gasteiger partial charge in [-0.25, -0.2) is 9.48 Å². The average molecular weight is 434 g/mol. The van der Waals surface area contributed by atoms with E-state index in [-0.39, 0.29) is 6.04 Å². The Labute approximate surface area is 176 Å². The molecule has 0 amide bonds. The Morgan fingerprint density at radius 3 is 2.61 bits per heavy atom. The molecule has 3 aromatic rings. The molecule has 8 nitrogen and oxygen atoms in total. The number of carboxylic acid groups (broad SMARTS) is 1. The lowest BCUT2D eigenvalue weighted by Crippen LogP contribution is -2.36. The lowest BCUT2D eigenvalue weighted by atomic mass is 9.96. The van der Waals surface area contributed by atoms with E-state index in [1.54, 1.807) is 6.20 Å². The molecule has 3 heterocycles. The van der Waals surface area contributed by atoms with Crippen molar-refractivity contribution >= 4 is 5.97 Å². The molecule has 164 valence electrons. The number of nitrogens with zero attached hydrogens (tertiary/aromatic N) is 5. The molecular weight excluding hydrogens is 413 g/mol. The molecule has 0 spiro atoms. The zero-order valence-corrected chi connectivity index (χ0v) is 16.4. The first kappa shape index (κ1) is 22.4. The molecule has 0 aliphatic carbocycles. The van der Waals surface area contributed by atoms with Crippen LogP contribution in [-0.2, 0) is 24.4 Å². The second-order valence-corrected chi connectivity index (χ2v) is 7.05. The highest BCUT2D eigenvalue weighted by Gasteiger charge is 2.38. The van der Waals surface area contributed by atoms with Crippen molar-refractivity contribution in [2.75, 3.05) is 6.54 Å². The molecule has 1 atom stereocenters. The molecule has 31 heavy (non-hydrogen) atoms. The zero-order chi connectivity index (χ0) is 22.4. The van der Waals surface area contributed by atoms with Crippen molar-refractivity contribution in [3.8, 4) is 0 Å². The molecule has 1 aliphatic heterocycles. The summed E-state index contributed by atoms with van der Waals surface area (Å²) in [4.78, 5) is 15.3. The van der Waals surface area contributed by atoms with Crippen molar-refractivity contribution in [2.45, 2.75) is 31.9 Å². The van der Waals surface area contributed by atoms with Gasteiger partial charge in [0.25, 0.3) is 0 Å². The van der Waals surface area contributed by atoms with Gasteiger partial charge >= 0.3 is 12.1 Å². The normalized spacial score (nSPS) is 16.2. The molecule has 1 aromatic carbocycles. The summed E-state index contributed by atoms with van der Waals surface area (Å²) in [6.45, 7) is 3.18. The van der Waals surface area contributed by atoms with Gasteiger partial charge in [0.05, 0.1) is 18.4 Å². The molecule has 4 rings (SSSR count). The molecule has 0 radical (unpaired) electrons. The summed E-state index contributed by atoms with van der Waals surface area (Å²) in [7, 11) is 0. The fourth-order valence-electron chi connectivity index (χ4n) is 3.24. The SMILES string of the molecule is NC1CN(Cc2cn(Cc3cccnc3)nn2)Cc2ccccc21.O=C(O)C(F)(F)F. The number of carbonyl (C=O) groups is 1. The number of rotatable bonds is 4. The fraction of sp³-hybridized carbons (Fsp3) is 0.300. The van der Waals surface area contributed by atoms with Gasteiger partial charge in [0.1, 0.15) is 0 Å². The summed E-state index contributed by atoms with van der Waals surface area (Å²) in [6.07, 6.45) is 0.536. The third kappa shape index (κ3) is 6.33. The topological polar surface area (TPSA) is 110 Å². The van der Waals surface area contributed by atoms with Gasteiger partial charge < -0.3 is 10.8 Å². The van der Waals surface area contributed by atoms with Crippen molar-refractivity contribution in [3.05, 3.63) is 77.4 Å². The van der Waals surface area contributed by atoms with Crippen LogP contribution in [0.25, 0.3) is 0 Å². The van der Waals surface area contributed by atoms with Gasteiger partial charge in [0, 0.05) is 38.1 Å². The Balaban J connectivity index is 0.000000339. The molecular formula is C20H21F3N6O2. The van der Waals surface area contributed by atoms with E-state index in [0.29, 0.717) is 6.54 Å². The first-order chi connectivity index (χ1) is 14.7. The standard InChI is InChI=1S/C18H20N6.C2HF3O2/c19-18-13-23(10-15-5-1-2-6-17(15)18)11-16-12-24(22-21-16)9-14-4-3-7-20-8-14;3-2(4,5)1(6)7/h1-8,12,18H,9-11,13,19H2;(H,6,7). The number of carboxylic acids is 1. The van der Waals surface area contributed by atoms with Gasteiger partial charge in [0.15, 0.2) is 0 Å². The number of hydrogen-bond acceptors (Lipinski definition) is 6. The van der Waals surface area contributed by atoms with Gasteiger partial charge in [-0.05, 0) is 22.8 Å². The van der Waals surface area contributed by atoms with Crippen LogP contribution in [0.1, 0.15) is 28.4 Å². The minimum atomic E-state index is -5.08. The summed E-state index contributed by atoms with van der Waals surface area (Å²) in [5.74, 6) is -2.76.